The van der Waals surface area contributed by atoms with E-state index in [1.807, 2.05) is 0 Å². The van der Waals surface area contributed by atoms with Gasteiger partial charge in [0.05, 0.1) is 21.0 Å². The topological polar surface area (TPSA) is 124 Å². The first-order valence-electron chi connectivity index (χ1n) is 8.21. The van der Waals surface area contributed by atoms with Crippen LogP contribution < -0.4 is 9.86 Å². The predicted molar refractivity (Wildman–Crippen MR) is 110 cm³/mol. The molecule has 0 saturated heterocycles. The lowest BCUT2D eigenvalue weighted by molar-refractivity contribution is 0.456. The molecule has 29 heavy (non-hydrogen) atoms. The van der Waals surface area contributed by atoms with Gasteiger partial charge in [-0.15, -0.1) is 32.9 Å². The summed E-state index contributed by atoms with van der Waals surface area (Å²) in [6, 6.07) is 6.96. The maximum Gasteiger partial charge on any atom is 0.274 e. The Morgan fingerprint density at radius 2 is 1.97 bits per heavy atom. The van der Waals surface area contributed by atoms with Gasteiger partial charge in [0.2, 0.25) is 11.8 Å². The number of hydrogen-bond acceptors (Lipinski definition) is 8. The zero-order chi connectivity index (χ0) is 20.6. The maximum atomic E-state index is 15.0. The molecule has 152 valence electrons. The molecule has 0 aliphatic heterocycles. The number of fused-ring (bicyclic) bond motifs is 1. The summed E-state index contributed by atoms with van der Waals surface area (Å²) in [5.41, 5.74) is 1.03. The minimum Gasteiger partial charge on any atom is -0.425 e. The number of benzene rings is 1. The molecule has 13 heteroatoms. The van der Waals surface area contributed by atoms with E-state index in [9.17, 15) is 12.8 Å². The van der Waals surface area contributed by atoms with Gasteiger partial charge < -0.3 is 4.42 Å². The Morgan fingerprint density at radius 1 is 1.17 bits per heavy atom. The Morgan fingerprint density at radius 3 is 2.69 bits per heavy atom. The second-order valence-electron chi connectivity index (χ2n) is 5.94. The predicted octanol–water partition coefficient (Wildman–Crippen LogP) is 3.13. The fourth-order valence-corrected chi connectivity index (χ4v) is 5.06. The van der Waals surface area contributed by atoms with Crippen molar-refractivity contribution in [1.29, 1.82) is 0 Å². The number of thiazole rings is 1. The Balaban J connectivity index is 1.51. The van der Waals surface area contributed by atoms with E-state index in [1.165, 1.54) is 22.7 Å². The first-order valence-corrected chi connectivity index (χ1v) is 11.8. The fourth-order valence-electron chi connectivity index (χ4n) is 2.62. The first-order chi connectivity index (χ1) is 13.8. The second kappa shape index (κ2) is 8.05. The number of halogens is 2. The van der Waals surface area contributed by atoms with Crippen molar-refractivity contribution < 1.29 is 17.2 Å². The van der Waals surface area contributed by atoms with Crippen molar-refractivity contribution in [3.63, 3.8) is 0 Å². The number of nitrogens with one attached hydrogen (secondary N) is 1. The standard InChI is InChI=1S/C16H13ClFN5O3S3/c17-11-4-3-10(27-11)8-1-2-9-16(15(8)18)28-14(21-9)7-13-23-22-12(26-13)5-6-20-29(19,24)25/h1-4,20H,5-7H2,(H2,19,24,25). The van der Waals surface area contributed by atoms with E-state index in [4.69, 9.17) is 21.2 Å². The first kappa shape index (κ1) is 20.3. The molecule has 0 bridgehead atoms. The van der Waals surface area contributed by atoms with E-state index in [2.05, 4.69) is 19.9 Å². The number of hydrogen-bond donors (Lipinski definition) is 2. The molecule has 0 spiro atoms. The molecule has 0 aliphatic carbocycles. The van der Waals surface area contributed by atoms with E-state index in [0.717, 1.165) is 4.88 Å². The van der Waals surface area contributed by atoms with Gasteiger partial charge in [0.15, 0.2) is 5.82 Å². The van der Waals surface area contributed by atoms with Gasteiger partial charge in [0, 0.05) is 23.4 Å². The van der Waals surface area contributed by atoms with Crippen molar-refractivity contribution in [3.05, 3.63) is 51.2 Å². The van der Waals surface area contributed by atoms with Crippen LogP contribution in [0, 0.1) is 5.82 Å². The molecule has 0 atom stereocenters. The summed E-state index contributed by atoms with van der Waals surface area (Å²) < 4.78 is 45.3. The van der Waals surface area contributed by atoms with Crippen LogP contribution in [0.15, 0.2) is 28.7 Å². The summed E-state index contributed by atoms with van der Waals surface area (Å²) in [5, 5.41) is 13.3. The number of rotatable bonds is 7. The molecule has 0 aliphatic rings. The van der Waals surface area contributed by atoms with E-state index in [0.29, 0.717) is 31.0 Å². The van der Waals surface area contributed by atoms with Crippen molar-refractivity contribution in [2.24, 2.45) is 5.14 Å². The van der Waals surface area contributed by atoms with Crippen molar-refractivity contribution >= 4 is 54.7 Å². The summed E-state index contributed by atoms with van der Waals surface area (Å²) in [5.74, 6) is 0.227. The third kappa shape index (κ3) is 4.79. The van der Waals surface area contributed by atoms with Crippen LogP contribution in [0.1, 0.15) is 16.8 Å². The Hall–Kier alpha value is -1.96. The molecule has 4 rings (SSSR count). The zero-order valence-corrected chi connectivity index (χ0v) is 17.8. The smallest absolute Gasteiger partial charge is 0.274 e. The Kier molecular flexibility index (Phi) is 5.64. The van der Waals surface area contributed by atoms with E-state index < -0.39 is 10.2 Å². The van der Waals surface area contributed by atoms with Crippen molar-refractivity contribution in [2.45, 2.75) is 12.8 Å². The molecule has 0 fully saturated rings. The van der Waals surface area contributed by atoms with E-state index >= 15 is 0 Å². The van der Waals surface area contributed by atoms with Crippen LogP contribution >= 0.6 is 34.3 Å². The van der Waals surface area contributed by atoms with Crippen LogP contribution in [-0.4, -0.2) is 30.1 Å². The summed E-state index contributed by atoms with van der Waals surface area (Å²) in [6.07, 6.45) is 0.444. The van der Waals surface area contributed by atoms with Crippen LogP contribution in [0.4, 0.5) is 4.39 Å². The molecule has 0 saturated carbocycles. The molecule has 0 amide bonds. The van der Waals surface area contributed by atoms with Crippen LogP contribution in [0.25, 0.3) is 20.7 Å². The van der Waals surface area contributed by atoms with Crippen LogP contribution in [0.2, 0.25) is 4.34 Å². The van der Waals surface area contributed by atoms with Crippen LogP contribution in [0.5, 0.6) is 0 Å². The molecule has 0 radical (unpaired) electrons. The number of aromatic nitrogens is 3. The van der Waals surface area contributed by atoms with Gasteiger partial charge in [-0.1, -0.05) is 11.6 Å². The molecule has 3 aromatic heterocycles. The van der Waals surface area contributed by atoms with Gasteiger partial charge >= 0.3 is 0 Å². The highest BCUT2D eigenvalue weighted by Crippen LogP contribution is 2.37. The quantitative estimate of drug-likeness (QED) is 0.425. The second-order valence-corrected chi connectivity index (χ2v) is 10.1. The lowest BCUT2D eigenvalue weighted by atomic mass is 10.1. The molecule has 8 nitrogen and oxygen atoms in total. The fraction of sp³-hybridized carbons (Fsp3) is 0.188. The van der Waals surface area contributed by atoms with Crippen LogP contribution in [0.3, 0.4) is 0 Å². The summed E-state index contributed by atoms with van der Waals surface area (Å²) in [4.78, 5) is 5.18. The minimum atomic E-state index is -3.77. The largest absolute Gasteiger partial charge is 0.425 e. The molecule has 1 aromatic carbocycles. The highest BCUT2D eigenvalue weighted by Gasteiger charge is 2.17. The number of thiophene rings is 1. The Labute approximate surface area is 177 Å². The van der Waals surface area contributed by atoms with Crippen molar-refractivity contribution in [1.82, 2.24) is 19.9 Å². The SMILES string of the molecule is NS(=O)(=O)NCCc1nnc(Cc2nc3ccc(-c4ccc(Cl)s4)c(F)c3s2)o1. The summed E-state index contributed by atoms with van der Waals surface area (Å²) in [6.45, 7) is 0.0440. The zero-order valence-electron chi connectivity index (χ0n) is 14.6. The van der Waals surface area contributed by atoms with Crippen molar-refractivity contribution in [3.8, 4) is 10.4 Å². The molecule has 3 N–H and O–H groups in total. The van der Waals surface area contributed by atoms with Gasteiger partial charge in [0.25, 0.3) is 10.2 Å². The maximum absolute atomic E-state index is 15.0. The average molecular weight is 474 g/mol. The minimum absolute atomic E-state index is 0.0440. The lowest BCUT2D eigenvalue weighted by Crippen LogP contribution is -2.32. The summed E-state index contributed by atoms with van der Waals surface area (Å²) in [7, 11) is -3.77. The van der Waals surface area contributed by atoms with Gasteiger partial charge in [-0.2, -0.15) is 8.42 Å². The van der Waals surface area contributed by atoms with Gasteiger partial charge in [-0.25, -0.2) is 19.2 Å². The van der Waals surface area contributed by atoms with Gasteiger partial charge in [-0.05, 0) is 24.3 Å². The third-order valence-corrected chi connectivity index (χ3v) is 6.77. The highest BCUT2D eigenvalue weighted by atomic mass is 35.5. The van der Waals surface area contributed by atoms with Gasteiger partial charge in [0.1, 0.15) is 5.01 Å². The highest BCUT2D eigenvalue weighted by molar-refractivity contribution is 7.87. The molecular weight excluding hydrogens is 461 g/mol. The lowest BCUT2D eigenvalue weighted by Gasteiger charge is -2.00. The Bertz CT molecular complexity index is 1280. The van der Waals surface area contributed by atoms with E-state index in [1.54, 1.807) is 24.3 Å². The monoisotopic (exact) mass is 473 g/mol. The van der Waals surface area contributed by atoms with E-state index in [-0.39, 0.29) is 31.1 Å². The molecule has 3 heterocycles. The molecular formula is C16H13ClFN5O3S3. The third-order valence-electron chi connectivity index (χ3n) is 3.83. The molecule has 0 unspecified atom stereocenters. The molecule has 4 aromatic rings. The van der Waals surface area contributed by atoms with Crippen molar-refractivity contribution in [2.75, 3.05) is 6.54 Å². The van der Waals surface area contributed by atoms with Gasteiger partial charge in [-0.3, -0.25) is 0 Å². The van der Waals surface area contributed by atoms with Crippen LogP contribution in [-0.2, 0) is 23.1 Å². The normalized spacial score (nSPS) is 12.1. The average Bonchev–Trinajstić information content (AvgIpc) is 3.35. The number of nitrogens with zero attached hydrogens (tertiary/aromatic N) is 3. The number of nitrogens with two attached hydrogens (primary N) is 1. The summed E-state index contributed by atoms with van der Waals surface area (Å²) >= 11 is 8.48.